The molecule has 0 aromatic carbocycles. The molecule has 1 N–H and O–H groups in total. The molecule has 31 heavy (non-hydrogen) atoms. The Morgan fingerprint density at radius 3 is 1.48 bits per heavy atom. The van der Waals surface area contributed by atoms with Gasteiger partial charge in [0.15, 0.2) is 11.9 Å². The zero-order chi connectivity index (χ0) is 25.0. The van der Waals surface area contributed by atoms with E-state index in [2.05, 4.69) is 0 Å². The highest BCUT2D eigenvalue weighted by Crippen LogP contribution is 2.39. The first kappa shape index (κ1) is 29.3. The van der Waals surface area contributed by atoms with Crippen LogP contribution in [0.25, 0.3) is 0 Å². The van der Waals surface area contributed by atoms with E-state index in [1.807, 2.05) is 41.5 Å². The van der Waals surface area contributed by atoms with Crippen LogP contribution in [0.2, 0.25) is 0 Å². The maximum absolute atomic E-state index is 12.8. The summed E-state index contributed by atoms with van der Waals surface area (Å²) in [6.45, 7) is 19.7. The number of hydrogen-bond donors (Lipinski definition) is 1. The van der Waals surface area contributed by atoms with Crippen molar-refractivity contribution >= 4 is 23.5 Å². The van der Waals surface area contributed by atoms with E-state index in [4.69, 9.17) is 4.74 Å². The van der Waals surface area contributed by atoms with Crippen molar-refractivity contribution in [2.45, 2.75) is 108 Å². The van der Waals surface area contributed by atoms with E-state index in [1.165, 1.54) is 0 Å². The molecule has 6 heteroatoms. The first-order valence-electron chi connectivity index (χ1n) is 11.1. The van der Waals surface area contributed by atoms with E-state index in [-0.39, 0.29) is 29.3 Å². The third-order valence-corrected chi connectivity index (χ3v) is 5.66. The van der Waals surface area contributed by atoms with Crippen molar-refractivity contribution in [1.82, 2.24) is 0 Å². The summed E-state index contributed by atoms with van der Waals surface area (Å²) in [4.78, 5) is 49.1. The molecule has 0 aliphatic rings. The Bertz CT molecular complexity index is 682. The molecule has 0 saturated carbocycles. The standard InChI is InChI=1S/C25H44O6/c1-16(2)18(26)12-22(4,5)15-25(10,11)21(30)31-17(3)19(27)13-23(6,7)14-24(8,9)20(28)29/h16-17H,12-15H2,1-11H3,(H,28,29). The molecule has 0 rings (SSSR count). The fraction of sp³-hybridized carbons (Fsp3) is 0.840. The summed E-state index contributed by atoms with van der Waals surface area (Å²) in [5, 5.41) is 9.36. The molecule has 0 amide bonds. The molecule has 1 atom stereocenters. The van der Waals surface area contributed by atoms with E-state index in [9.17, 15) is 24.3 Å². The lowest BCUT2D eigenvalue weighted by atomic mass is 9.71. The molecule has 180 valence electrons. The average molecular weight is 441 g/mol. The SMILES string of the molecule is CC(C)C(=O)CC(C)(C)CC(C)(C)C(=O)OC(C)C(=O)CC(C)(C)CC(C)(C)C(=O)O. The van der Waals surface area contributed by atoms with Crippen LogP contribution in [0.3, 0.4) is 0 Å². The van der Waals surface area contributed by atoms with Gasteiger partial charge in [0, 0.05) is 18.8 Å². The Kier molecular flexibility index (Phi) is 9.70. The molecule has 0 aromatic heterocycles. The van der Waals surface area contributed by atoms with Crippen molar-refractivity contribution < 1.29 is 29.0 Å². The number of esters is 1. The van der Waals surface area contributed by atoms with Crippen molar-refractivity contribution in [2.75, 3.05) is 0 Å². The van der Waals surface area contributed by atoms with Gasteiger partial charge in [0.2, 0.25) is 0 Å². The minimum Gasteiger partial charge on any atom is -0.481 e. The van der Waals surface area contributed by atoms with Gasteiger partial charge in [-0.15, -0.1) is 0 Å². The van der Waals surface area contributed by atoms with Crippen molar-refractivity contribution in [2.24, 2.45) is 27.6 Å². The highest BCUT2D eigenvalue weighted by atomic mass is 16.5. The number of aliphatic carboxylic acids is 1. The molecule has 0 aliphatic carbocycles. The number of carbonyl (C=O) groups excluding carboxylic acids is 3. The van der Waals surface area contributed by atoms with Gasteiger partial charge in [0.05, 0.1) is 10.8 Å². The molecule has 0 saturated heterocycles. The number of carboxylic acid groups (broad SMARTS) is 1. The third kappa shape index (κ3) is 9.96. The largest absolute Gasteiger partial charge is 0.481 e. The summed E-state index contributed by atoms with van der Waals surface area (Å²) in [7, 11) is 0. The zero-order valence-corrected chi connectivity index (χ0v) is 21.5. The smallest absolute Gasteiger partial charge is 0.312 e. The molecular formula is C25H44O6. The van der Waals surface area contributed by atoms with E-state index in [0.717, 1.165) is 0 Å². The third-order valence-electron chi connectivity index (χ3n) is 5.66. The van der Waals surface area contributed by atoms with Gasteiger partial charge in [-0.05, 0) is 58.3 Å². The highest BCUT2D eigenvalue weighted by molar-refractivity contribution is 5.87. The minimum atomic E-state index is -0.954. The molecule has 0 spiro atoms. The second-order valence-electron chi connectivity index (χ2n) is 12.2. The van der Waals surface area contributed by atoms with Crippen LogP contribution in [-0.4, -0.2) is 34.7 Å². The van der Waals surface area contributed by atoms with E-state index in [0.29, 0.717) is 19.3 Å². The van der Waals surface area contributed by atoms with Crippen LogP contribution < -0.4 is 0 Å². The molecular weight excluding hydrogens is 396 g/mol. The van der Waals surface area contributed by atoms with Crippen LogP contribution in [0.15, 0.2) is 0 Å². The van der Waals surface area contributed by atoms with Crippen LogP contribution in [0, 0.1) is 27.6 Å². The lowest BCUT2D eigenvalue weighted by Crippen LogP contribution is -2.38. The number of carboxylic acids is 1. The van der Waals surface area contributed by atoms with Gasteiger partial charge in [-0.1, -0.05) is 41.5 Å². The summed E-state index contributed by atoms with van der Waals surface area (Å²) in [6.07, 6.45) is 0.359. The number of Topliss-reactive ketones (excluding diaryl/α,β-unsaturated/α-hetero) is 2. The monoisotopic (exact) mass is 440 g/mol. The number of ether oxygens (including phenoxy) is 1. The predicted octanol–water partition coefficient (Wildman–Crippen LogP) is 5.46. The fourth-order valence-corrected chi connectivity index (χ4v) is 4.34. The van der Waals surface area contributed by atoms with Crippen LogP contribution >= 0.6 is 0 Å². The van der Waals surface area contributed by atoms with E-state index >= 15 is 0 Å². The quantitative estimate of drug-likeness (QED) is 0.382. The zero-order valence-electron chi connectivity index (χ0n) is 21.5. The van der Waals surface area contributed by atoms with Crippen molar-refractivity contribution in [3.05, 3.63) is 0 Å². The lowest BCUT2D eigenvalue weighted by Gasteiger charge is -2.34. The Balaban J connectivity index is 5.07. The summed E-state index contributed by atoms with van der Waals surface area (Å²) in [5.41, 5.74) is -2.73. The normalized spacial score (nSPS) is 14.3. The second-order valence-corrected chi connectivity index (χ2v) is 12.2. The van der Waals surface area contributed by atoms with Crippen molar-refractivity contribution in [1.29, 1.82) is 0 Å². The Hall–Kier alpha value is -1.72. The molecule has 6 nitrogen and oxygen atoms in total. The molecule has 0 aliphatic heterocycles. The summed E-state index contributed by atoms with van der Waals surface area (Å²) in [6, 6.07) is 0. The molecule has 0 radical (unpaired) electrons. The second kappa shape index (κ2) is 10.3. The lowest BCUT2D eigenvalue weighted by molar-refractivity contribution is -0.165. The van der Waals surface area contributed by atoms with E-state index in [1.54, 1.807) is 34.6 Å². The predicted molar refractivity (Wildman–Crippen MR) is 122 cm³/mol. The molecule has 0 fully saturated rings. The molecule has 0 bridgehead atoms. The van der Waals surface area contributed by atoms with Crippen LogP contribution in [-0.2, 0) is 23.9 Å². The molecule has 1 unspecified atom stereocenters. The summed E-state index contributed by atoms with van der Waals surface area (Å²) in [5.74, 6) is -1.51. The van der Waals surface area contributed by atoms with Gasteiger partial charge in [0.1, 0.15) is 5.78 Å². The van der Waals surface area contributed by atoms with Crippen molar-refractivity contribution in [3.8, 4) is 0 Å². The van der Waals surface area contributed by atoms with Gasteiger partial charge in [-0.2, -0.15) is 0 Å². The first-order chi connectivity index (χ1) is 13.6. The van der Waals surface area contributed by atoms with Gasteiger partial charge < -0.3 is 9.84 Å². The number of rotatable bonds is 13. The Morgan fingerprint density at radius 2 is 1.10 bits per heavy atom. The van der Waals surface area contributed by atoms with Crippen LogP contribution in [0.5, 0.6) is 0 Å². The molecule has 0 aromatic rings. The Morgan fingerprint density at radius 1 is 0.710 bits per heavy atom. The summed E-state index contributed by atoms with van der Waals surface area (Å²) >= 11 is 0. The molecule has 0 heterocycles. The van der Waals surface area contributed by atoms with Crippen LogP contribution in [0.4, 0.5) is 0 Å². The number of hydrogen-bond acceptors (Lipinski definition) is 5. The highest BCUT2D eigenvalue weighted by Gasteiger charge is 2.40. The Labute approximate surface area is 188 Å². The van der Waals surface area contributed by atoms with E-state index < -0.39 is 34.3 Å². The summed E-state index contributed by atoms with van der Waals surface area (Å²) < 4.78 is 5.51. The maximum Gasteiger partial charge on any atom is 0.312 e. The average Bonchev–Trinajstić information content (AvgIpc) is 2.50. The number of carbonyl (C=O) groups is 4. The first-order valence-corrected chi connectivity index (χ1v) is 11.1. The van der Waals surface area contributed by atoms with Gasteiger partial charge >= 0.3 is 11.9 Å². The van der Waals surface area contributed by atoms with Gasteiger partial charge in [-0.25, -0.2) is 0 Å². The van der Waals surface area contributed by atoms with Gasteiger partial charge in [-0.3, -0.25) is 19.2 Å². The van der Waals surface area contributed by atoms with Gasteiger partial charge in [0.25, 0.3) is 0 Å². The number of ketones is 2. The van der Waals surface area contributed by atoms with Crippen LogP contribution in [0.1, 0.15) is 102 Å². The minimum absolute atomic E-state index is 0.0542. The maximum atomic E-state index is 12.8. The topological polar surface area (TPSA) is 97.7 Å². The fourth-order valence-electron chi connectivity index (χ4n) is 4.34. The van der Waals surface area contributed by atoms with Crippen molar-refractivity contribution in [3.63, 3.8) is 0 Å².